The average Bonchev–Trinajstić information content (AvgIpc) is 3.13. The van der Waals surface area contributed by atoms with Crippen molar-refractivity contribution in [2.75, 3.05) is 13.2 Å². The molecule has 0 atom stereocenters. The van der Waals surface area contributed by atoms with E-state index in [0.717, 1.165) is 34.3 Å². The van der Waals surface area contributed by atoms with Crippen LogP contribution in [-0.4, -0.2) is 28.2 Å². The van der Waals surface area contributed by atoms with Gasteiger partial charge in [0.05, 0.1) is 17.7 Å². The Morgan fingerprint density at radius 2 is 1.91 bits per heavy atom. The molecule has 2 aromatic heterocycles. The molecule has 0 aliphatic heterocycles. The molecule has 0 bridgehead atoms. The van der Waals surface area contributed by atoms with Crippen LogP contribution in [0.4, 0.5) is 0 Å². The molecule has 0 unspecified atom stereocenters. The second-order valence-electron chi connectivity index (χ2n) is 8.61. The molecule has 1 amide bonds. The summed E-state index contributed by atoms with van der Waals surface area (Å²) in [5.41, 5.74) is 1.78. The van der Waals surface area contributed by atoms with Crippen LogP contribution in [0, 0.1) is 13.8 Å². The van der Waals surface area contributed by atoms with E-state index in [-0.39, 0.29) is 18.0 Å². The number of nitrogens with zero attached hydrogens (tertiary/aromatic N) is 2. The first-order valence-corrected chi connectivity index (χ1v) is 12.7. The number of thiophene rings is 1. The van der Waals surface area contributed by atoms with Gasteiger partial charge in [0.25, 0.3) is 5.56 Å². The van der Waals surface area contributed by atoms with E-state index in [2.05, 4.69) is 11.4 Å². The number of ether oxygens (including phenoxy) is 1. The van der Waals surface area contributed by atoms with E-state index in [9.17, 15) is 14.4 Å². The van der Waals surface area contributed by atoms with Crippen molar-refractivity contribution in [1.82, 2.24) is 14.5 Å². The van der Waals surface area contributed by atoms with Gasteiger partial charge in [-0.15, -0.1) is 11.3 Å². The van der Waals surface area contributed by atoms with Crippen LogP contribution < -0.4 is 21.3 Å². The van der Waals surface area contributed by atoms with Gasteiger partial charge in [-0.1, -0.05) is 11.6 Å². The number of fused-ring (bicyclic) bond motifs is 1. The molecule has 34 heavy (non-hydrogen) atoms. The lowest BCUT2D eigenvalue weighted by molar-refractivity contribution is -0.121. The number of allylic oxidation sites excluding steroid dienone is 1. The van der Waals surface area contributed by atoms with E-state index in [1.54, 1.807) is 24.3 Å². The maximum absolute atomic E-state index is 13.5. The molecule has 1 aliphatic carbocycles. The van der Waals surface area contributed by atoms with Gasteiger partial charge in [-0.25, -0.2) is 9.36 Å². The molecule has 180 valence electrons. The molecule has 8 heteroatoms. The third-order valence-electron chi connectivity index (χ3n) is 6.31. The summed E-state index contributed by atoms with van der Waals surface area (Å²) in [6.07, 6.45) is 7.75. The fourth-order valence-electron chi connectivity index (χ4n) is 4.38. The molecule has 0 radical (unpaired) electrons. The molecule has 7 nitrogen and oxygen atoms in total. The quantitative estimate of drug-likeness (QED) is 0.488. The number of hydrogen-bond donors (Lipinski definition) is 1. The minimum Gasteiger partial charge on any atom is -0.494 e. The molecule has 1 aromatic carbocycles. The first-order valence-electron chi connectivity index (χ1n) is 11.8. The first-order chi connectivity index (χ1) is 16.4. The minimum atomic E-state index is -0.520. The number of aromatic nitrogens is 2. The number of carbonyl (C=O) groups excluding carboxylic acids is 1. The lowest BCUT2D eigenvalue weighted by Crippen LogP contribution is -2.41. The maximum atomic E-state index is 13.5. The third kappa shape index (κ3) is 4.87. The SMILES string of the molecule is CCOc1ccc(-n2c(=O)c3c(C)c(C)sc3n(CC(=O)NCCC3=CCCCC3)c2=O)cc1. The molecule has 1 aliphatic rings. The van der Waals surface area contributed by atoms with E-state index in [0.29, 0.717) is 34.8 Å². The smallest absolute Gasteiger partial charge is 0.337 e. The Morgan fingerprint density at radius 1 is 1.15 bits per heavy atom. The van der Waals surface area contributed by atoms with Crippen LogP contribution in [0.5, 0.6) is 5.75 Å². The fraction of sp³-hybridized carbons (Fsp3) is 0.423. The molecular weight excluding hydrogens is 450 g/mol. The monoisotopic (exact) mass is 481 g/mol. The van der Waals surface area contributed by atoms with Crippen LogP contribution in [0.25, 0.3) is 15.9 Å². The summed E-state index contributed by atoms with van der Waals surface area (Å²) in [6.45, 7) is 6.63. The number of nitrogens with one attached hydrogen (secondary N) is 1. The van der Waals surface area contributed by atoms with E-state index in [1.165, 1.54) is 34.3 Å². The molecular formula is C26H31N3O4S. The first kappa shape index (κ1) is 24.0. The van der Waals surface area contributed by atoms with Crippen molar-refractivity contribution in [3.05, 3.63) is 67.2 Å². The predicted octanol–water partition coefficient (Wildman–Crippen LogP) is 4.24. The molecule has 0 fully saturated rings. The second kappa shape index (κ2) is 10.4. The highest BCUT2D eigenvalue weighted by molar-refractivity contribution is 7.18. The topological polar surface area (TPSA) is 82.3 Å². The number of aryl methyl sites for hydroxylation is 2. The second-order valence-corrected chi connectivity index (χ2v) is 9.81. The van der Waals surface area contributed by atoms with Gasteiger partial charge in [0.15, 0.2) is 0 Å². The van der Waals surface area contributed by atoms with E-state index < -0.39 is 5.69 Å². The largest absolute Gasteiger partial charge is 0.494 e. The summed E-state index contributed by atoms with van der Waals surface area (Å²) in [5, 5.41) is 3.43. The summed E-state index contributed by atoms with van der Waals surface area (Å²) in [6, 6.07) is 6.85. The Labute approximate surface area is 202 Å². The molecule has 4 rings (SSSR count). The maximum Gasteiger partial charge on any atom is 0.337 e. The molecule has 0 spiro atoms. The zero-order valence-electron chi connectivity index (χ0n) is 20.0. The lowest BCUT2D eigenvalue weighted by atomic mass is 9.97. The zero-order chi connectivity index (χ0) is 24.2. The number of hydrogen-bond acceptors (Lipinski definition) is 5. The van der Waals surface area contributed by atoms with Crippen LogP contribution in [0.3, 0.4) is 0 Å². The molecule has 1 N–H and O–H groups in total. The van der Waals surface area contributed by atoms with E-state index in [1.807, 2.05) is 20.8 Å². The average molecular weight is 482 g/mol. The van der Waals surface area contributed by atoms with E-state index >= 15 is 0 Å². The van der Waals surface area contributed by atoms with Crippen molar-refractivity contribution in [1.29, 1.82) is 0 Å². The standard InChI is InChI=1S/C26H31N3O4S/c1-4-33-21-12-10-20(11-13-21)29-24(31)23-17(2)18(3)34-25(23)28(26(29)32)16-22(30)27-15-14-19-8-6-5-7-9-19/h8,10-13H,4-7,9,14-16H2,1-3H3,(H,27,30). The van der Waals surface area contributed by atoms with Crippen LogP contribution >= 0.6 is 11.3 Å². The van der Waals surface area contributed by atoms with Gasteiger partial charge in [-0.3, -0.25) is 14.2 Å². The highest BCUT2D eigenvalue weighted by atomic mass is 32.1. The lowest BCUT2D eigenvalue weighted by Gasteiger charge is -2.14. The van der Waals surface area contributed by atoms with Gasteiger partial charge in [-0.05, 0) is 82.7 Å². The normalized spacial score (nSPS) is 13.7. The number of benzene rings is 1. The minimum absolute atomic E-state index is 0.134. The van der Waals surface area contributed by atoms with Crippen molar-refractivity contribution < 1.29 is 9.53 Å². The highest BCUT2D eigenvalue weighted by Crippen LogP contribution is 2.27. The van der Waals surface area contributed by atoms with Crippen LogP contribution in [0.15, 0.2) is 45.5 Å². The summed E-state index contributed by atoms with van der Waals surface area (Å²) in [4.78, 5) is 41.2. The van der Waals surface area contributed by atoms with Crippen molar-refractivity contribution >= 4 is 27.5 Å². The van der Waals surface area contributed by atoms with Crippen molar-refractivity contribution in [2.45, 2.75) is 59.4 Å². The van der Waals surface area contributed by atoms with Gasteiger partial charge in [-0.2, -0.15) is 0 Å². The van der Waals surface area contributed by atoms with Crippen molar-refractivity contribution in [3.63, 3.8) is 0 Å². The summed E-state index contributed by atoms with van der Waals surface area (Å²) in [7, 11) is 0. The predicted molar refractivity (Wildman–Crippen MR) is 137 cm³/mol. The number of rotatable bonds is 8. The zero-order valence-corrected chi connectivity index (χ0v) is 20.8. The highest BCUT2D eigenvalue weighted by Gasteiger charge is 2.21. The Morgan fingerprint density at radius 3 is 2.59 bits per heavy atom. The molecule has 2 heterocycles. The van der Waals surface area contributed by atoms with Crippen molar-refractivity contribution in [3.8, 4) is 11.4 Å². The Balaban J connectivity index is 1.67. The number of carbonyl (C=O) groups is 1. The van der Waals surface area contributed by atoms with Crippen LogP contribution in [-0.2, 0) is 11.3 Å². The van der Waals surface area contributed by atoms with Crippen LogP contribution in [0.1, 0.15) is 49.5 Å². The van der Waals surface area contributed by atoms with Gasteiger partial charge in [0.2, 0.25) is 5.91 Å². The van der Waals surface area contributed by atoms with Gasteiger partial charge in [0, 0.05) is 11.4 Å². The molecule has 0 saturated heterocycles. The van der Waals surface area contributed by atoms with Crippen molar-refractivity contribution in [2.24, 2.45) is 0 Å². The molecule has 3 aromatic rings. The summed E-state index contributed by atoms with van der Waals surface area (Å²) < 4.78 is 8.06. The van der Waals surface area contributed by atoms with Gasteiger partial charge < -0.3 is 10.1 Å². The van der Waals surface area contributed by atoms with Gasteiger partial charge in [0.1, 0.15) is 17.1 Å². The van der Waals surface area contributed by atoms with Gasteiger partial charge >= 0.3 is 5.69 Å². The third-order valence-corrected chi connectivity index (χ3v) is 7.54. The Hall–Kier alpha value is -3.13. The fourth-order valence-corrected chi connectivity index (χ4v) is 5.52. The summed E-state index contributed by atoms with van der Waals surface area (Å²) in [5.74, 6) is 0.427. The van der Waals surface area contributed by atoms with E-state index in [4.69, 9.17) is 4.74 Å². The summed E-state index contributed by atoms with van der Waals surface area (Å²) >= 11 is 1.38. The Kier molecular flexibility index (Phi) is 7.36. The Bertz CT molecular complexity index is 1350. The number of amides is 1. The molecule has 0 saturated carbocycles. The van der Waals surface area contributed by atoms with Crippen LogP contribution in [0.2, 0.25) is 0 Å².